The topological polar surface area (TPSA) is 68.7 Å². The summed E-state index contributed by atoms with van der Waals surface area (Å²) in [6, 6.07) is 2.10. The molecule has 1 atom stereocenters. The van der Waals surface area contributed by atoms with Crippen LogP contribution in [0.3, 0.4) is 0 Å². The van der Waals surface area contributed by atoms with Crippen LogP contribution in [0.4, 0.5) is 4.79 Å². The number of hydrogen-bond acceptors (Lipinski definition) is 5. The first-order valence-corrected chi connectivity index (χ1v) is 10.9. The third kappa shape index (κ3) is 6.44. The Balaban J connectivity index is 1.51. The van der Waals surface area contributed by atoms with Crippen molar-refractivity contribution in [2.45, 2.75) is 77.4 Å². The normalized spacial score (nSPS) is 24.9. The van der Waals surface area contributed by atoms with Gasteiger partial charge in [-0.1, -0.05) is 0 Å². The Kier molecular flexibility index (Phi) is 7.14. The average Bonchev–Trinajstić information content (AvgIpc) is 3.15. The van der Waals surface area contributed by atoms with Crippen LogP contribution in [0.1, 0.15) is 64.9 Å². The summed E-state index contributed by atoms with van der Waals surface area (Å²) in [5.74, 6) is 1.61. The minimum Gasteiger partial charge on any atom is -0.490 e. The van der Waals surface area contributed by atoms with Crippen molar-refractivity contribution in [3.05, 3.63) is 24.0 Å². The van der Waals surface area contributed by atoms with Crippen LogP contribution < -0.4 is 4.74 Å². The number of likely N-dealkylation sites (tertiary alicyclic amines) is 1. The van der Waals surface area contributed by atoms with E-state index in [1.165, 1.54) is 5.56 Å². The first-order chi connectivity index (χ1) is 13.8. The third-order valence-corrected chi connectivity index (χ3v) is 5.83. The van der Waals surface area contributed by atoms with E-state index in [0.717, 1.165) is 57.0 Å². The van der Waals surface area contributed by atoms with Gasteiger partial charge in [-0.3, -0.25) is 4.98 Å². The van der Waals surface area contributed by atoms with Crippen LogP contribution >= 0.6 is 0 Å². The SMILES string of the molecule is CC(C)(C)OC(=O)N1CCC[C@H]1COc1cncc(CC2CCC(C=O)CC2)c1. The highest BCUT2D eigenvalue weighted by atomic mass is 16.6. The van der Waals surface area contributed by atoms with Crippen LogP contribution in [-0.4, -0.2) is 47.1 Å². The minimum absolute atomic E-state index is 0.0344. The predicted octanol–water partition coefficient (Wildman–Crippen LogP) is 4.41. The molecular formula is C23H34N2O4. The maximum Gasteiger partial charge on any atom is 0.410 e. The lowest BCUT2D eigenvalue weighted by Crippen LogP contribution is -2.42. The Hall–Kier alpha value is -2.11. The van der Waals surface area contributed by atoms with Crippen LogP contribution in [0.25, 0.3) is 0 Å². The number of carbonyl (C=O) groups is 2. The van der Waals surface area contributed by atoms with Gasteiger partial charge in [0.15, 0.2) is 0 Å². The number of ether oxygens (including phenoxy) is 2. The van der Waals surface area contributed by atoms with Crippen molar-refractivity contribution in [1.82, 2.24) is 9.88 Å². The molecule has 0 bridgehead atoms. The molecule has 0 aromatic carbocycles. The molecule has 29 heavy (non-hydrogen) atoms. The maximum atomic E-state index is 12.4. The van der Waals surface area contributed by atoms with E-state index in [9.17, 15) is 9.59 Å². The summed E-state index contributed by atoms with van der Waals surface area (Å²) in [7, 11) is 0. The fourth-order valence-corrected chi connectivity index (χ4v) is 4.28. The van der Waals surface area contributed by atoms with Crippen LogP contribution in [-0.2, 0) is 16.0 Å². The van der Waals surface area contributed by atoms with Gasteiger partial charge in [-0.25, -0.2) is 4.79 Å². The number of pyridine rings is 1. The number of aldehydes is 1. The van der Waals surface area contributed by atoms with Gasteiger partial charge < -0.3 is 19.2 Å². The zero-order valence-corrected chi connectivity index (χ0v) is 17.9. The van der Waals surface area contributed by atoms with Gasteiger partial charge in [-0.15, -0.1) is 0 Å². The zero-order chi connectivity index (χ0) is 20.9. The van der Waals surface area contributed by atoms with E-state index >= 15 is 0 Å². The third-order valence-electron chi connectivity index (χ3n) is 5.83. The summed E-state index contributed by atoms with van der Waals surface area (Å²) in [5, 5.41) is 0. The van der Waals surface area contributed by atoms with Gasteiger partial charge in [0.1, 0.15) is 24.2 Å². The molecule has 2 heterocycles. The summed E-state index contributed by atoms with van der Waals surface area (Å²) in [6.45, 7) is 6.82. The van der Waals surface area contributed by atoms with Gasteiger partial charge in [-0.05, 0) is 83.3 Å². The molecule has 0 radical (unpaired) electrons. The van der Waals surface area contributed by atoms with Crippen LogP contribution in [0.2, 0.25) is 0 Å². The largest absolute Gasteiger partial charge is 0.490 e. The van der Waals surface area contributed by atoms with Crippen molar-refractivity contribution in [2.24, 2.45) is 11.8 Å². The number of amides is 1. The fraction of sp³-hybridized carbons (Fsp3) is 0.696. The lowest BCUT2D eigenvalue weighted by atomic mass is 9.80. The van der Waals surface area contributed by atoms with Gasteiger partial charge in [0.05, 0.1) is 12.2 Å². The molecule has 3 rings (SSSR count). The average molecular weight is 403 g/mol. The molecule has 1 saturated heterocycles. The van der Waals surface area contributed by atoms with E-state index < -0.39 is 5.60 Å². The monoisotopic (exact) mass is 402 g/mol. The molecule has 2 aliphatic rings. The Morgan fingerprint density at radius 3 is 2.66 bits per heavy atom. The molecule has 2 fully saturated rings. The molecule has 6 nitrogen and oxygen atoms in total. The molecule has 1 amide bonds. The first kappa shape index (κ1) is 21.6. The Bertz CT molecular complexity index is 692. The van der Waals surface area contributed by atoms with Crippen molar-refractivity contribution >= 4 is 12.4 Å². The first-order valence-electron chi connectivity index (χ1n) is 10.9. The molecule has 1 saturated carbocycles. The minimum atomic E-state index is -0.492. The highest BCUT2D eigenvalue weighted by Crippen LogP contribution is 2.30. The van der Waals surface area contributed by atoms with E-state index in [4.69, 9.17) is 9.47 Å². The van der Waals surface area contributed by atoms with E-state index in [1.54, 1.807) is 11.1 Å². The highest BCUT2D eigenvalue weighted by Gasteiger charge is 2.32. The van der Waals surface area contributed by atoms with Gasteiger partial charge in [0.2, 0.25) is 0 Å². The van der Waals surface area contributed by atoms with Gasteiger partial charge in [0.25, 0.3) is 0 Å². The number of nitrogens with zero attached hydrogens (tertiary/aromatic N) is 2. The molecule has 1 aliphatic heterocycles. The Morgan fingerprint density at radius 1 is 1.21 bits per heavy atom. The summed E-state index contributed by atoms with van der Waals surface area (Å²) in [6.07, 6.45) is 11.5. The number of rotatable bonds is 6. The summed E-state index contributed by atoms with van der Waals surface area (Å²) in [4.78, 5) is 29.5. The second-order valence-electron chi connectivity index (χ2n) is 9.43. The lowest BCUT2D eigenvalue weighted by Gasteiger charge is -2.28. The predicted molar refractivity (Wildman–Crippen MR) is 111 cm³/mol. The fourth-order valence-electron chi connectivity index (χ4n) is 4.28. The zero-order valence-electron chi connectivity index (χ0n) is 17.9. The molecule has 1 aromatic rings. The second-order valence-corrected chi connectivity index (χ2v) is 9.43. The lowest BCUT2D eigenvalue weighted by molar-refractivity contribution is -0.112. The quantitative estimate of drug-likeness (QED) is 0.660. The molecule has 0 N–H and O–H groups in total. The van der Waals surface area contributed by atoms with Crippen molar-refractivity contribution < 1.29 is 19.1 Å². The van der Waals surface area contributed by atoms with E-state index in [-0.39, 0.29) is 18.1 Å². The van der Waals surface area contributed by atoms with E-state index in [1.807, 2.05) is 27.0 Å². The van der Waals surface area contributed by atoms with E-state index in [0.29, 0.717) is 19.1 Å². The molecule has 1 aliphatic carbocycles. The summed E-state index contributed by atoms with van der Waals surface area (Å²) in [5.41, 5.74) is 0.682. The van der Waals surface area contributed by atoms with Crippen molar-refractivity contribution in [3.63, 3.8) is 0 Å². The van der Waals surface area contributed by atoms with Gasteiger partial charge in [-0.2, -0.15) is 0 Å². The van der Waals surface area contributed by atoms with Gasteiger partial charge >= 0.3 is 6.09 Å². The Morgan fingerprint density at radius 2 is 1.97 bits per heavy atom. The van der Waals surface area contributed by atoms with Gasteiger partial charge in [0, 0.05) is 18.7 Å². The summed E-state index contributed by atoms with van der Waals surface area (Å²) < 4.78 is 11.5. The maximum absolute atomic E-state index is 12.4. The Labute approximate surface area is 174 Å². The molecule has 6 heteroatoms. The number of hydrogen-bond donors (Lipinski definition) is 0. The standard InChI is InChI=1S/C23H34N2O4/c1-23(2,3)29-22(27)25-10-4-5-20(25)16-28-21-12-19(13-24-14-21)11-17-6-8-18(15-26)9-7-17/h12-15,17-18,20H,4-11,16H2,1-3H3/t17?,18?,20-/m0/s1. The van der Waals surface area contributed by atoms with Crippen LogP contribution in [0, 0.1) is 11.8 Å². The molecule has 0 spiro atoms. The smallest absolute Gasteiger partial charge is 0.410 e. The van der Waals surface area contributed by atoms with E-state index in [2.05, 4.69) is 11.1 Å². The summed E-state index contributed by atoms with van der Waals surface area (Å²) >= 11 is 0. The molecule has 160 valence electrons. The molecule has 0 unspecified atom stereocenters. The number of carbonyl (C=O) groups excluding carboxylic acids is 2. The highest BCUT2D eigenvalue weighted by molar-refractivity contribution is 5.69. The van der Waals surface area contributed by atoms with Crippen molar-refractivity contribution in [2.75, 3.05) is 13.2 Å². The molecule has 1 aromatic heterocycles. The van der Waals surface area contributed by atoms with Crippen molar-refractivity contribution in [3.8, 4) is 5.75 Å². The molecular weight excluding hydrogens is 368 g/mol. The second kappa shape index (κ2) is 9.59. The van der Waals surface area contributed by atoms with Crippen molar-refractivity contribution in [1.29, 1.82) is 0 Å². The number of aromatic nitrogens is 1. The van der Waals surface area contributed by atoms with Crippen LogP contribution in [0.15, 0.2) is 18.5 Å². The van der Waals surface area contributed by atoms with Crippen LogP contribution in [0.5, 0.6) is 5.75 Å².